The number of anilines is 1. The number of nitrogens with one attached hydrogen (secondary N) is 1. The summed E-state index contributed by atoms with van der Waals surface area (Å²) in [6, 6.07) is 14.7. The zero-order chi connectivity index (χ0) is 15.2. The Morgan fingerprint density at radius 1 is 1.14 bits per heavy atom. The van der Waals surface area contributed by atoms with Crippen LogP contribution >= 0.6 is 0 Å². The average Bonchev–Trinajstić information content (AvgIpc) is 2.58. The van der Waals surface area contributed by atoms with Crippen LogP contribution in [0.3, 0.4) is 0 Å². The minimum absolute atomic E-state index is 0.510. The lowest BCUT2D eigenvalue weighted by Gasteiger charge is -2.32. The van der Waals surface area contributed by atoms with Gasteiger partial charge in [-0.05, 0) is 37.1 Å². The lowest BCUT2D eigenvalue weighted by Crippen LogP contribution is -2.38. The number of hydrogen-bond donors (Lipinski definition) is 1. The molecule has 1 aliphatic rings. The fraction of sp³-hybridized carbons (Fsp3) is 0.389. The highest BCUT2D eigenvalue weighted by Crippen LogP contribution is 2.26. The van der Waals surface area contributed by atoms with E-state index < -0.39 is 0 Å². The van der Waals surface area contributed by atoms with Gasteiger partial charge in [0.1, 0.15) is 5.75 Å². The zero-order valence-corrected chi connectivity index (χ0v) is 13.0. The third-order valence-electron chi connectivity index (χ3n) is 4.17. The summed E-state index contributed by atoms with van der Waals surface area (Å²) in [5, 5.41) is 3.62. The highest BCUT2D eigenvalue weighted by atomic mass is 16.5. The van der Waals surface area contributed by atoms with Crippen LogP contribution in [0.15, 0.2) is 48.7 Å². The largest absolute Gasteiger partial charge is 0.495 e. The van der Waals surface area contributed by atoms with Crippen LogP contribution in [0.25, 0.3) is 0 Å². The molecule has 1 fully saturated rings. The summed E-state index contributed by atoms with van der Waals surface area (Å²) in [4.78, 5) is 6.88. The maximum absolute atomic E-state index is 5.41. The number of ether oxygens (including phenoxy) is 1. The SMILES string of the molecule is COc1ccccc1NC1CCN(Cc2ccccn2)CC1. The third-order valence-corrected chi connectivity index (χ3v) is 4.17. The van der Waals surface area contributed by atoms with Gasteiger partial charge < -0.3 is 10.1 Å². The van der Waals surface area contributed by atoms with Gasteiger partial charge in [0, 0.05) is 31.9 Å². The van der Waals surface area contributed by atoms with Crippen LogP contribution in [-0.4, -0.2) is 36.1 Å². The number of likely N-dealkylation sites (tertiary alicyclic amines) is 1. The van der Waals surface area contributed by atoms with E-state index in [-0.39, 0.29) is 0 Å². The van der Waals surface area contributed by atoms with E-state index in [1.165, 1.54) is 0 Å². The van der Waals surface area contributed by atoms with Crippen LogP contribution in [0.5, 0.6) is 5.75 Å². The Morgan fingerprint density at radius 2 is 1.91 bits per heavy atom. The molecule has 0 spiro atoms. The molecule has 0 atom stereocenters. The number of nitrogens with zero attached hydrogens (tertiary/aromatic N) is 2. The van der Waals surface area contributed by atoms with Gasteiger partial charge in [-0.25, -0.2) is 0 Å². The lowest BCUT2D eigenvalue weighted by atomic mass is 10.0. The quantitative estimate of drug-likeness (QED) is 0.920. The molecule has 4 nitrogen and oxygen atoms in total. The van der Waals surface area contributed by atoms with Gasteiger partial charge >= 0.3 is 0 Å². The third kappa shape index (κ3) is 3.77. The minimum Gasteiger partial charge on any atom is -0.495 e. The molecule has 1 aromatic carbocycles. The highest BCUT2D eigenvalue weighted by molar-refractivity contribution is 5.56. The summed E-state index contributed by atoms with van der Waals surface area (Å²) in [7, 11) is 1.72. The molecular formula is C18H23N3O. The monoisotopic (exact) mass is 297 g/mol. The lowest BCUT2D eigenvalue weighted by molar-refractivity contribution is 0.209. The molecule has 1 saturated heterocycles. The normalized spacial score (nSPS) is 16.4. The number of benzene rings is 1. The van der Waals surface area contributed by atoms with Crippen molar-refractivity contribution in [2.24, 2.45) is 0 Å². The molecule has 1 aliphatic heterocycles. The Kier molecular flexibility index (Phi) is 4.91. The second-order valence-electron chi connectivity index (χ2n) is 5.72. The van der Waals surface area contributed by atoms with E-state index in [1.54, 1.807) is 7.11 Å². The van der Waals surface area contributed by atoms with Crippen molar-refractivity contribution in [3.05, 3.63) is 54.4 Å². The topological polar surface area (TPSA) is 37.4 Å². The summed E-state index contributed by atoms with van der Waals surface area (Å²) in [5.74, 6) is 0.915. The van der Waals surface area contributed by atoms with Gasteiger partial charge in [0.15, 0.2) is 0 Å². The molecule has 4 heteroatoms. The molecule has 0 bridgehead atoms. The maximum Gasteiger partial charge on any atom is 0.141 e. The smallest absolute Gasteiger partial charge is 0.141 e. The number of rotatable bonds is 5. The Labute approximate surface area is 132 Å². The Hall–Kier alpha value is -2.07. The van der Waals surface area contributed by atoms with E-state index in [0.717, 1.165) is 49.6 Å². The van der Waals surface area contributed by atoms with Crippen LogP contribution in [0, 0.1) is 0 Å². The van der Waals surface area contributed by atoms with E-state index >= 15 is 0 Å². The molecule has 0 unspecified atom stereocenters. The fourth-order valence-electron chi connectivity index (χ4n) is 2.94. The van der Waals surface area contributed by atoms with Crippen LogP contribution in [0.2, 0.25) is 0 Å². The average molecular weight is 297 g/mol. The first-order valence-electron chi connectivity index (χ1n) is 7.87. The summed E-state index contributed by atoms with van der Waals surface area (Å²) in [5.41, 5.74) is 2.24. The minimum atomic E-state index is 0.510. The second-order valence-corrected chi connectivity index (χ2v) is 5.72. The molecule has 116 valence electrons. The van der Waals surface area contributed by atoms with Crippen molar-refractivity contribution in [2.45, 2.75) is 25.4 Å². The van der Waals surface area contributed by atoms with Crippen LogP contribution in [-0.2, 0) is 6.54 Å². The first kappa shape index (κ1) is 14.9. The molecule has 22 heavy (non-hydrogen) atoms. The summed E-state index contributed by atoms with van der Waals surface area (Å²) in [6.45, 7) is 3.15. The molecule has 1 N–H and O–H groups in total. The van der Waals surface area contributed by atoms with Gasteiger partial charge in [-0.1, -0.05) is 18.2 Å². The van der Waals surface area contributed by atoms with E-state index in [4.69, 9.17) is 4.74 Å². The van der Waals surface area contributed by atoms with Gasteiger partial charge in [-0.15, -0.1) is 0 Å². The predicted octanol–water partition coefficient (Wildman–Crippen LogP) is 3.17. The number of para-hydroxylation sites is 2. The number of aromatic nitrogens is 1. The molecule has 0 aliphatic carbocycles. The molecule has 3 rings (SSSR count). The number of piperidine rings is 1. The number of pyridine rings is 1. The molecular weight excluding hydrogens is 274 g/mol. The summed E-state index contributed by atoms with van der Waals surface area (Å²) >= 11 is 0. The maximum atomic E-state index is 5.41. The zero-order valence-electron chi connectivity index (χ0n) is 13.0. The van der Waals surface area contributed by atoms with Crippen molar-refractivity contribution in [1.82, 2.24) is 9.88 Å². The van der Waals surface area contributed by atoms with Gasteiger partial charge in [0.05, 0.1) is 18.5 Å². The highest BCUT2D eigenvalue weighted by Gasteiger charge is 2.20. The van der Waals surface area contributed by atoms with Gasteiger partial charge in [-0.2, -0.15) is 0 Å². The molecule has 1 aromatic heterocycles. The molecule has 0 radical (unpaired) electrons. The van der Waals surface area contributed by atoms with Crippen LogP contribution < -0.4 is 10.1 Å². The molecule has 0 saturated carbocycles. The van der Waals surface area contributed by atoms with Crippen molar-refractivity contribution < 1.29 is 4.74 Å². The van der Waals surface area contributed by atoms with Crippen molar-refractivity contribution in [3.8, 4) is 5.75 Å². The van der Waals surface area contributed by atoms with Crippen LogP contribution in [0.4, 0.5) is 5.69 Å². The summed E-state index contributed by atoms with van der Waals surface area (Å²) in [6.07, 6.45) is 4.15. The second kappa shape index (κ2) is 7.27. The van der Waals surface area contributed by atoms with E-state index in [9.17, 15) is 0 Å². The predicted molar refractivity (Wildman–Crippen MR) is 89.2 cm³/mol. The first-order chi connectivity index (χ1) is 10.8. The molecule has 2 aromatic rings. The van der Waals surface area contributed by atoms with Gasteiger partial charge in [-0.3, -0.25) is 9.88 Å². The van der Waals surface area contributed by atoms with E-state index in [2.05, 4.69) is 33.4 Å². The Morgan fingerprint density at radius 3 is 2.64 bits per heavy atom. The van der Waals surface area contributed by atoms with Crippen molar-refractivity contribution >= 4 is 5.69 Å². The van der Waals surface area contributed by atoms with Gasteiger partial charge in [0.25, 0.3) is 0 Å². The Balaban J connectivity index is 1.51. The Bertz CT molecular complexity index is 580. The van der Waals surface area contributed by atoms with E-state index in [0.29, 0.717) is 6.04 Å². The van der Waals surface area contributed by atoms with Crippen LogP contribution in [0.1, 0.15) is 18.5 Å². The standard InChI is InChI=1S/C18H23N3O/c1-22-18-8-3-2-7-17(18)20-15-9-12-21(13-10-15)14-16-6-4-5-11-19-16/h2-8,11,15,20H,9-10,12-14H2,1H3. The van der Waals surface area contributed by atoms with Gasteiger partial charge in [0.2, 0.25) is 0 Å². The molecule has 0 amide bonds. The first-order valence-corrected chi connectivity index (χ1v) is 7.87. The number of hydrogen-bond acceptors (Lipinski definition) is 4. The van der Waals surface area contributed by atoms with Crippen molar-refractivity contribution in [3.63, 3.8) is 0 Å². The van der Waals surface area contributed by atoms with Crippen molar-refractivity contribution in [2.75, 3.05) is 25.5 Å². The fourth-order valence-corrected chi connectivity index (χ4v) is 2.94. The van der Waals surface area contributed by atoms with Crippen molar-refractivity contribution in [1.29, 1.82) is 0 Å². The summed E-state index contributed by atoms with van der Waals surface area (Å²) < 4.78 is 5.41. The van der Waals surface area contributed by atoms with E-state index in [1.807, 2.05) is 30.5 Å². The molecule has 2 heterocycles. The number of methoxy groups -OCH3 is 1.